The van der Waals surface area contributed by atoms with Crippen LogP contribution in [0.3, 0.4) is 0 Å². The molecule has 0 bridgehead atoms. The lowest BCUT2D eigenvalue weighted by molar-refractivity contribution is -0.118. The Morgan fingerprint density at radius 3 is 2.09 bits per heavy atom. The third-order valence-electron chi connectivity index (χ3n) is 3.51. The summed E-state index contributed by atoms with van der Waals surface area (Å²) in [6.45, 7) is 3.98. The van der Waals surface area contributed by atoms with E-state index in [0.717, 1.165) is 24.0 Å². The van der Waals surface area contributed by atoms with Crippen molar-refractivity contribution < 1.29 is 13.2 Å². The molecule has 23 heavy (non-hydrogen) atoms. The average Bonchev–Trinajstić information content (AvgIpc) is 2.49. The van der Waals surface area contributed by atoms with E-state index in [1.165, 1.54) is 17.7 Å². The van der Waals surface area contributed by atoms with Gasteiger partial charge in [0.25, 0.3) is 10.0 Å². The summed E-state index contributed by atoms with van der Waals surface area (Å²) in [4.78, 5) is 12.1. The van der Waals surface area contributed by atoms with Crippen LogP contribution in [0.4, 0.5) is 0 Å². The number of nitrogens with one attached hydrogen (secondary N) is 1. The molecular weight excluding hydrogens is 310 g/mol. The maximum absolute atomic E-state index is 12.2. The first kappa shape index (κ1) is 17.2. The molecule has 0 aromatic heterocycles. The lowest BCUT2D eigenvalue weighted by atomic mass is 10.1. The highest BCUT2D eigenvalue weighted by Gasteiger charge is 2.17. The number of rotatable bonds is 6. The van der Waals surface area contributed by atoms with E-state index in [-0.39, 0.29) is 11.3 Å². The monoisotopic (exact) mass is 331 g/mol. The van der Waals surface area contributed by atoms with Gasteiger partial charge < -0.3 is 0 Å². The topological polar surface area (TPSA) is 63.2 Å². The Kier molecular flexibility index (Phi) is 5.55. The lowest BCUT2D eigenvalue weighted by Gasteiger charge is -2.08. The quantitative estimate of drug-likeness (QED) is 0.885. The number of aryl methyl sites for hydroxylation is 2. The molecule has 0 spiro atoms. The summed E-state index contributed by atoms with van der Waals surface area (Å²) in [5.74, 6) is -0.534. The van der Waals surface area contributed by atoms with Gasteiger partial charge in [-0.2, -0.15) is 0 Å². The third-order valence-corrected chi connectivity index (χ3v) is 4.89. The van der Waals surface area contributed by atoms with Gasteiger partial charge in [-0.1, -0.05) is 55.3 Å². The highest BCUT2D eigenvalue weighted by Crippen LogP contribution is 2.11. The summed E-state index contributed by atoms with van der Waals surface area (Å²) in [5, 5.41) is 0. The van der Waals surface area contributed by atoms with Crippen molar-refractivity contribution >= 4 is 15.9 Å². The standard InChI is InChI=1S/C18H21NO3S/c1-3-4-15-7-9-16(10-8-15)13-18(20)19-23(21,22)17-11-5-14(2)6-12-17/h5-12H,3-4,13H2,1-2H3,(H,19,20). The summed E-state index contributed by atoms with van der Waals surface area (Å²) < 4.78 is 26.4. The molecule has 0 heterocycles. The molecule has 0 aliphatic carbocycles. The predicted octanol–water partition coefficient (Wildman–Crippen LogP) is 3.00. The van der Waals surface area contributed by atoms with E-state index in [1.54, 1.807) is 12.1 Å². The summed E-state index contributed by atoms with van der Waals surface area (Å²) in [6, 6.07) is 14.1. The van der Waals surface area contributed by atoms with E-state index in [0.29, 0.717) is 0 Å². The van der Waals surface area contributed by atoms with E-state index >= 15 is 0 Å². The Bertz CT molecular complexity index is 763. The Labute approximate surface area is 137 Å². The molecule has 0 aliphatic rings. The molecule has 2 aromatic rings. The zero-order valence-corrected chi connectivity index (χ0v) is 14.2. The molecule has 122 valence electrons. The van der Waals surface area contributed by atoms with Crippen LogP contribution in [0.5, 0.6) is 0 Å². The molecule has 2 aromatic carbocycles. The Morgan fingerprint density at radius 2 is 1.52 bits per heavy atom. The number of carbonyl (C=O) groups excluding carboxylic acids is 1. The van der Waals surface area contributed by atoms with E-state index in [1.807, 2.05) is 31.2 Å². The lowest BCUT2D eigenvalue weighted by Crippen LogP contribution is -2.31. The fraction of sp³-hybridized carbons (Fsp3) is 0.278. The molecule has 5 heteroatoms. The van der Waals surface area contributed by atoms with Crippen LogP contribution in [0.15, 0.2) is 53.4 Å². The van der Waals surface area contributed by atoms with E-state index in [4.69, 9.17) is 0 Å². The maximum atomic E-state index is 12.2. The van der Waals surface area contributed by atoms with Crippen LogP contribution >= 0.6 is 0 Å². The molecule has 1 amide bonds. The van der Waals surface area contributed by atoms with Gasteiger partial charge >= 0.3 is 0 Å². The second kappa shape index (κ2) is 7.42. The number of hydrogen-bond donors (Lipinski definition) is 1. The minimum absolute atomic E-state index is 0.0392. The van der Waals surface area contributed by atoms with Gasteiger partial charge in [0.15, 0.2) is 0 Å². The van der Waals surface area contributed by atoms with E-state index in [9.17, 15) is 13.2 Å². The largest absolute Gasteiger partial charge is 0.274 e. The number of sulfonamides is 1. The first-order valence-corrected chi connectivity index (χ1v) is 9.09. The van der Waals surface area contributed by atoms with Crippen molar-refractivity contribution in [2.24, 2.45) is 0 Å². The van der Waals surface area contributed by atoms with Crippen LogP contribution in [0.2, 0.25) is 0 Å². The van der Waals surface area contributed by atoms with Gasteiger partial charge in [-0.25, -0.2) is 13.1 Å². The van der Waals surface area contributed by atoms with Crippen molar-refractivity contribution in [1.82, 2.24) is 4.72 Å². The molecule has 0 atom stereocenters. The first-order chi connectivity index (χ1) is 10.9. The molecule has 0 aliphatic heterocycles. The van der Waals surface area contributed by atoms with Crippen molar-refractivity contribution in [2.75, 3.05) is 0 Å². The van der Waals surface area contributed by atoms with Gasteiger partial charge in [-0.3, -0.25) is 4.79 Å². The van der Waals surface area contributed by atoms with Crippen LogP contribution in [0.25, 0.3) is 0 Å². The van der Waals surface area contributed by atoms with Crippen LogP contribution in [-0.2, 0) is 27.7 Å². The normalized spacial score (nSPS) is 11.2. The summed E-state index contributed by atoms with van der Waals surface area (Å²) in [5.41, 5.74) is 2.97. The Hall–Kier alpha value is -2.14. The minimum atomic E-state index is -3.81. The summed E-state index contributed by atoms with van der Waals surface area (Å²) >= 11 is 0. The van der Waals surface area contributed by atoms with Gasteiger partial charge in [0, 0.05) is 0 Å². The SMILES string of the molecule is CCCc1ccc(CC(=O)NS(=O)(=O)c2ccc(C)cc2)cc1. The van der Waals surface area contributed by atoms with Crippen LogP contribution in [0.1, 0.15) is 30.0 Å². The summed E-state index contributed by atoms with van der Waals surface area (Å²) in [6.07, 6.45) is 2.10. The third kappa shape index (κ3) is 4.93. The van der Waals surface area contributed by atoms with Crippen molar-refractivity contribution in [3.05, 3.63) is 65.2 Å². The van der Waals surface area contributed by atoms with E-state index < -0.39 is 15.9 Å². The highest BCUT2D eigenvalue weighted by molar-refractivity contribution is 7.90. The molecule has 4 nitrogen and oxygen atoms in total. The van der Waals surface area contributed by atoms with Crippen molar-refractivity contribution in [3.63, 3.8) is 0 Å². The fourth-order valence-corrected chi connectivity index (χ4v) is 3.24. The number of benzene rings is 2. The number of carbonyl (C=O) groups is 1. The molecule has 0 fully saturated rings. The van der Waals surface area contributed by atoms with Crippen molar-refractivity contribution in [2.45, 2.75) is 38.0 Å². The number of hydrogen-bond acceptors (Lipinski definition) is 3. The molecule has 0 saturated carbocycles. The second-order valence-electron chi connectivity index (χ2n) is 5.59. The van der Waals surface area contributed by atoms with Gasteiger partial charge in [-0.15, -0.1) is 0 Å². The zero-order valence-electron chi connectivity index (χ0n) is 13.4. The van der Waals surface area contributed by atoms with Gasteiger partial charge in [0.05, 0.1) is 11.3 Å². The van der Waals surface area contributed by atoms with Crippen LogP contribution < -0.4 is 4.72 Å². The minimum Gasteiger partial charge on any atom is -0.274 e. The Balaban J connectivity index is 2.02. The highest BCUT2D eigenvalue weighted by atomic mass is 32.2. The fourth-order valence-electron chi connectivity index (χ4n) is 2.26. The molecule has 0 saturated heterocycles. The smallest absolute Gasteiger partial charge is 0.264 e. The average molecular weight is 331 g/mol. The van der Waals surface area contributed by atoms with Crippen molar-refractivity contribution in [3.8, 4) is 0 Å². The maximum Gasteiger partial charge on any atom is 0.264 e. The molecule has 0 radical (unpaired) electrons. The molecule has 2 rings (SSSR count). The van der Waals surface area contributed by atoms with E-state index in [2.05, 4.69) is 11.6 Å². The predicted molar refractivity (Wildman–Crippen MR) is 90.6 cm³/mol. The second-order valence-corrected chi connectivity index (χ2v) is 7.27. The molecule has 0 unspecified atom stereocenters. The molecule has 1 N–H and O–H groups in total. The first-order valence-electron chi connectivity index (χ1n) is 7.61. The van der Waals surface area contributed by atoms with Crippen LogP contribution in [-0.4, -0.2) is 14.3 Å². The summed E-state index contributed by atoms with van der Waals surface area (Å²) in [7, 11) is -3.81. The Morgan fingerprint density at radius 1 is 0.957 bits per heavy atom. The zero-order chi connectivity index (χ0) is 16.9. The number of amides is 1. The molecular formula is C18H21NO3S. The van der Waals surface area contributed by atoms with Gasteiger partial charge in [0.2, 0.25) is 5.91 Å². The van der Waals surface area contributed by atoms with Gasteiger partial charge in [0.1, 0.15) is 0 Å². The van der Waals surface area contributed by atoms with Crippen molar-refractivity contribution in [1.29, 1.82) is 0 Å². The van der Waals surface area contributed by atoms with Crippen LogP contribution in [0, 0.1) is 6.92 Å². The van der Waals surface area contributed by atoms with Gasteiger partial charge in [-0.05, 0) is 36.6 Å².